The molecule has 0 bridgehead atoms. The third-order valence-electron chi connectivity index (χ3n) is 6.24. The summed E-state index contributed by atoms with van der Waals surface area (Å²) >= 11 is 0. The quantitative estimate of drug-likeness (QED) is 0.441. The van der Waals surface area contributed by atoms with Crippen molar-refractivity contribution in [3.05, 3.63) is 59.3 Å². The lowest BCUT2D eigenvalue weighted by molar-refractivity contribution is -0.150. The van der Waals surface area contributed by atoms with E-state index in [4.69, 9.17) is 9.47 Å². The molecular formula is C26H35N3O5. The van der Waals surface area contributed by atoms with Crippen molar-refractivity contribution in [3.8, 4) is 0 Å². The summed E-state index contributed by atoms with van der Waals surface area (Å²) in [5.74, 6) is -0.884. The second-order valence-electron chi connectivity index (χ2n) is 8.55. The predicted molar refractivity (Wildman–Crippen MR) is 129 cm³/mol. The average Bonchev–Trinajstić information content (AvgIpc) is 2.82. The van der Waals surface area contributed by atoms with Crippen LogP contribution in [-0.4, -0.2) is 67.2 Å². The highest BCUT2D eigenvalue weighted by Gasteiger charge is 2.39. The van der Waals surface area contributed by atoms with Crippen molar-refractivity contribution in [3.63, 3.8) is 0 Å². The zero-order valence-electron chi connectivity index (χ0n) is 20.3. The summed E-state index contributed by atoms with van der Waals surface area (Å²) < 4.78 is 10.7. The molecule has 0 radical (unpaired) electrons. The lowest BCUT2D eigenvalue weighted by Crippen LogP contribution is -2.52. The number of nitrogens with zero attached hydrogens (tertiary/aromatic N) is 2. The molecule has 1 aromatic rings. The molecule has 3 rings (SSSR count). The van der Waals surface area contributed by atoms with Crippen molar-refractivity contribution < 1.29 is 23.9 Å². The van der Waals surface area contributed by atoms with Gasteiger partial charge >= 0.3 is 18.0 Å². The fourth-order valence-corrected chi connectivity index (χ4v) is 4.65. The van der Waals surface area contributed by atoms with E-state index < -0.39 is 12.0 Å². The minimum absolute atomic E-state index is 0.200. The number of piperidine rings is 1. The van der Waals surface area contributed by atoms with E-state index in [0.29, 0.717) is 31.0 Å². The Morgan fingerprint density at radius 3 is 2.62 bits per heavy atom. The van der Waals surface area contributed by atoms with Gasteiger partial charge in [-0.1, -0.05) is 30.3 Å². The first-order chi connectivity index (χ1) is 16.4. The van der Waals surface area contributed by atoms with Gasteiger partial charge in [0.05, 0.1) is 30.7 Å². The third kappa shape index (κ3) is 5.67. The number of amides is 2. The molecule has 2 atom stereocenters. The Bertz CT molecular complexity index is 958. The largest absolute Gasteiger partial charge is 0.466 e. The van der Waals surface area contributed by atoms with E-state index >= 15 is 0 Å². The third-order valence-corrected chi connectivity index (χ3v) is 6.24. The second kappa shape index (κ2) is 11.8. The fourth-order valence-electron chi connectivity index (χ4n) is 4.65. The highest BCUT2D eigenvalue weighted by Crippen LogP contribution is 2.34. The van der Waals surface area contributed by atoms with Gasteiger partial charge in [-0.25, -0.2) is 9.59 Å². The molecule has 2 heterocycles. The van der Waals surface area contributed by atoms with Crippen LogP contribution in [0.5, 0.6) is 0 Å². The molecule has 8 heteroatoms. The van der Waals surface area contributed by atoms with Gasteiger partial charge in [0.1, 0.15) is 0 Å². The number of carbonyl (C=O) groups excluding carboxylic acids is 3. The smallest absolute Gasteiger partial charge is 0.338 e. The highest BCUT2D eigenvalue weighted by molar-refractivity contribution is 5.95. The number of benzene rings is 1. The van der Waals surface area contributed by atoms with E-state index in [2.05, 4.69) is 16.8 Å². The van der Waals surface area contributed by atoms with Crippen molar-refractivity contribution >= 4 is 18.0 Å². The van der Waals surface area contributed by atoms with Gasteiger partial charge in [0.2, 0.25) is 0 Å². The zero-order valence-corrected chi connectivity index (χ0v) is 20.3. The average molecular weight is 470 g/mol. The molecule has 2 amide bonds. The molecule has 0 saturated carbocycles. The van der Waals surface area contributed by atoms with Crippen LogP contribution >= 0.6 is 0 Å². The van der Waals surface area contributed by atoms with Crippen LogP contribution in [0.1, 0.15) is 43.9 Å². The lowest BCUT2D eigenvalue weighted by atomic mass is 9.91. The number of hydrogen-bond donors (Lipinski definition) is 1. The number of rotatable bonds is 9. The number of carbonyl (C=O) groups is 3. The minimum Gasteiger partial charge on any atom is -0.466 e. The molecular weight excluding hydrogens is 434 g/mol. The van der Waals surface area contributed by atoms with Crippen molar-refractivity contribution in [2.24, 2.45) is 5.92 Å². The molecule has 1 N–H and O–H groups in total. The Morgan fingerprint density at radius 1 is 1.21 bits per heavy atom. The first kappa shape index (κ1) is 25.5. The lowest BCUT2D eigenvalue weighted by Gasteiger charge is -2.40. The van der Waals surface area contributed by atoms with E-state index in [1.54, 1.807) is 24.8 Å². The summed E-state index contributed by atoms with van der Waals surface area (Å²) in [6.07, 6.45) is 3.23. The number of likely N-dealkylation sites (tertiary alicyclic amines) is 1. The summed E-state index contributed by atoms with van der Waals surface area (Å²) in [6, 6.07) is 6.75. The van der Waals surface area contributed by atoms with E-state index in [0.717, 1.165) is 30.5 Å². The second-order valence-corrected chi connectivity index (χ2v) is 8.55. The minimum atomic E-state index is -0.630. The molecule has 0 aliphatic carbocycles. The molecule has 1 fully saturated rings. The number of aryl methyl sites for hydroxylation is 1. The van der Waals surface area contributed by atoms with Crippen LogP contribution in [0.25, 0.3) is 0 Å². The first-order valence-corrected chi connectivity index (χ1v) is 11.9. The predicted octanol–water partition coefficient (Wildman–Crippen LogP) is 3.34. The zero-order chi connectivity index (χ0) is 24.7. The van der Waals surface area contributed by atoms with Crippen molar-refractivity contribution in [1.82, 2.24) is 15.1 Å². The summed E-state index contributed by atoms with van der Waals surface area (Å²) in [6.45, 7) is 11.7. The molecule has 34 heavy (non-hydrogen) atoms. The normalized spacial score (nSPS) is 21.1. The maximum Gasteiger partial charge on any atom is 0.338 e. The van der Waals surface area contributed by atoms with Crippen LogP contribution < -0.4 is 5.32 Å². The number of nitrogens with one attached hydrogen (secondary N) is 1. The SMILES string of the molecule is C=CCN1C(=O)N[C@@H](c2ccccc2C)C(C(=O)OCC)=C1CN1CCC[C@H](C(=O)OCC)C1. The van der Waals surface area contributed by atoms with E-state index in [1.165, 1.54) is 0 Å². The van der Waals surface area contributed by atoms with Crippen LogP contribution in [0.2, 0.25) is 0 Å². The summed E-state index contributed by atoms with van der Waals surface area (Å²) in [5, 5.41) is 3.00. The Morgan fingerprint density at radius 2 is 1.94 bits per heavy atom. The molecule has 2 aliphatic heterocycles. The summed E-state index contributed by atoms with van der Waals surface area (Å²) in [4.78, 5) is 42.5. The molecule has 8 nitrogen and oxygen atoms in total. The van der Waals surface area contributed by atoms with Crippen LogP contribution in [0.4, 0.5) is 4.79 Å². The van der Waals surface area contributed by atoms with Crippen LogP contribution in [0.3, 0.4) is 0 Å². The Balaban J connectivity index is 2.05. The van der Waals surface area contributed by atoms with Crippen LogP contribution in [-0.2, 0) is 19.1 Å². The standard InChI is InChI=1S/C26H35N3O5/c1-5-14-29-21(17-28-15-10-12-19(16-28)24(30)33-6-2)22(25(31)34-7-3)23(27-26(29)32)20-13-9-8-11-18(20)4/h5,8-9,11,13,19,23H,1,6-7,10,12,14-17H2,2-4H3,(H,27,32)/t19-,23-/m0/s1. The van der Waals surface area contributed by atoms with E-state index in [1.807, 2.05) is 31.2 Å². The van der Waals surface area contributed by atoms with Gasteiger partial charge in [-0.15, -0.1) is 6.58 Å². The Kier molecular flexibility index (Phi) is 8.87. The van der Waals surface area contributed by atoms with Crippen molar-refractivity contribution in [2.45, 2.75) is 39.7 Å². The van der Waals surface area contributed by atoms with E-state index in [-0.39, 0.29) is 31.1 Å². The highest BCUT2D eigenvalue weighted by atomic mass is 16.5. The number of esters is 2. The van der Waals surface area contributed by atoms with E-state index in [9.17, 15) is 14.4 Å². The molecule has 0 unspecified atom stereocenters. The van der Waals surface area contributed by atoms with Gasteiger partial charge in [-0.05, 0) is 51.3 Å². The van der Waals surface area contributed by atoms with Gasteiger partial charge in [-0.2, -0.15) is 0 Å². The number of hydrogen-bond acceptors (Lipinski definition) is 6. The topological polar surface area (TPSA) is 88.2 Å². The molecule has 0 aromatic heterocycles. The molecule has 1 saturated heterocycles. The molecule has 2 aliphatic rings. The maximum absolute atomic E-state index is 13.3. The number of urea groups is 1. The van der Waals surface area contributed by atoms with Crippen LogP contribution in [0, 0.1) is 12.8 Å². The van der Waals surface area contributed by atoms with Crippen molar-refractivity contribution in [2.75, 3.05) is 39.4 Å². The van der Waals surface area contributed by atoms with Gasteiger partial charge < -0.3 is 14.8 Å². The number of ether oxygens (including phenoxy) is 2. The first-order valence-electron chi connectivity index (χ1n) is 11.9. The van der Waals surface area contributed by atoms with Crippen molar-refractivity contribution in [1.29, 1.82) is 0 Å². The molecule has 1 aromatic carbocycles. The Labute approximate surface area is 201 Å². The Hall–Kier alpha value is -3.13. The fraction of sp³-hybridized carbons (Fsp3) is 0.500. The van der Waals surface area contributed by atoms with Gasteiger partial charge in [-0.3, -0.25) is 14.6 Å². The van der Waals surface area contributed by atoms with Crippen LogP contribution in [0.15, 0.2) is 48.2 Å². The molecule has 0 spiro atoms. The van der Waals surface area contributed by atoms with Gasteiger partial charge in [0.25, 0.3) is 0 Å². The van der Waals surface area contributed by atoms with Gasteiger partial charge in [0.15, 0.2) is 0 Å². The maximum atomic E-state index is 13.3. The van der Waals surface area contributed by atoms with Gasteiger partial charge in [0, 0.05) is 25.3 Å². The molecule has 184 valence electrons. The monoisotopic (exact) mass is 469 g/mol. The summed E-state index contributed by atoms with van der Waals surface area (Å²) in [5.41, 5.74) is 2.81. The summed E-state index contributed by atoms with van der Waals surface area (Å²) in [7, 11) is 0.